The molecule has 34 heavy (non-hydrogen) atoms. The summed E-state index contributed by atoms with van der Waals surface area (Å²) in [5.74, 6) is 0.229. The quantitative estimate of drug-likeness (QED) is 0.230. The number of anilines is 1. The number of fused-ring (bicyclic) bond motifs is 1. The molecule has 0 fully saturated rings. The van der Waals surface area contributed by atoms with Gasteiger partial charge in [0.05, 0.1) is 23.8 Å². The highest BCUT2D eigenvalue weighted by molar-refractivity contribution is 7.72. The number of hydrogen-bond acceptors (Lipinski definition) is 10. The van der Waals surface area contributed by atoms with Crippen molar-refractivity contribution in [2.24, 2.45) is 0 Å². The minimum atomic E-state index is -5.41. The second kappa shape index (κ2) is 9.43. The van der Waals surface area contributed by atoms with E-state index in [0.717, 1.165) is 0 Å². The summed E-state index contributed by atoms with van der Waals surface area (Å²) in [4.78, 5) is 41.9. The first-order valence-electron chi connectivity index (χ1n) is 9.64. The Bertz CT molecular complexity index is 1370. The number of ether oxygens (including phenoxy) is 1. The average Bonchev–Trinajstić information content (AvgIpc) is 3.39. The van der Waals surface area contributed by atoms with Crippen molar-refractivity contribution in [3.05, 3.63) is 55.1 Å². The first-order chi connectivity index (χ1) is 16.0. The molecule has 2 aromatic heterocycles. The predicted octanol–water partition coefficient (Wildman–Crippen LogP) is 2.08. The van der Waals surface area contributed by atoms with Crippen LogP contribution in [0.3, 0.4) is 0 Å². The van der Waals surface area contributed by atoms with E-state index in [-0.39, 0.29) is 17.2 Å². The van der Waals surface area contributed by atoms with Crippen LogP contribution in [-0.4, -0.2) is 46.7 Å². The van der Waals surface area contributed by atoms with Crippen molar-refractivity contribution >= 4 is 45.3 Å². The van der Waals surface area contributed by atoms with Crippen LogP contribution in [-0.2, 0) is 27.1 Å². The van der Waals surface area contributed by atoms with Gasteiger partial charge in [0, 0.05) is 6.42 Å². The van der Waals surface area contributed by atoms with E-state index in [4.69, 9.17) is 10.5 Å². The lowest BCUT2D eigenvalue weighted by molar-refractivity contribution is 0.101. The van der Waals surface area contributed by atoms with Crippen LogP contribution in [0.5, 0.6) is 0 Å². The Morgan fingerprint density at radius 2 is 1.76 bits per heavy atom. The molecule has 0 saturated heterocycles. The van der Waals surface area contributed by atoms with E-state index in [1.807, 2.05) is 0 Å². The summed E-state index contributed by atoms with van der Waals surface area (Å²) in [6.45, 7) is 0. The Balaban J connectivity index is 1.35. The molecule has 2 heterocycles. The lowest BCUT2D eigenvalue weighted by Crippen LogP contribution is -2.13. The second-order valence-electron chi connectivity index (χ2n) is 7.23. The van der Waals surface area contributed by atoms with Crippen molar-refractivity contribution in [2.75, 3.05) is 12.1 Å². The van der Waals surface area contributed by atoms with Gasteiger partial charge in [0.25, 0.3) is 0 Å². The number of aromatic nitrogens is 4. The molecule has 4 rings (SSSR count). The van der Waals surface area contributed by atoms with Crippen LogP contribution in [0.15, 0.2) is 55.1 Å². The third-order valence-electron chi connectivity index (χ3n) is 4.74. The number of hydrogen-bond donors (Lipinski definition) is 4. The normalized spacial score (nSPS) is 23.4. The van der Waals surface area contributed by atoms with Gasteiger partial charge in [0.15, 0.2) is 11.5 Å². The number of rotatable bonds is 9. The summed E-state index contributed by atoms with van der Waals surface area (Å²) < 4.78 is 52.3. The van der Waals surface area contributed by atoms with E-state index < -0.39 is 35.5 Å². The molecule has 1 aromatic carbocycles. The summed E-state index contributed by atoms with van der Waals surface area (Å²) in [5.41, 5.74) is 6.72. The fourth-order valence-electron chi connectivity index (χ4n) is 3.28. The van der Waals surface area contributed by atoms with Gasteiger partial charge in [-0.05, 0) is 12.1 Å². The van der Waals surface area contributed by atoms with Gasteiger partial charge < -0.3 is 29.7 Å². The zero-order valence-electron chi connectivity index (χ0n) is 17.3. The molecule has 1 aliphatic rings. The second-order valence-corrected chi connectivity index (χ2v) is 12.6. The Morgan fingerprint density at radius 1 is 1.03 bits per heavy atom. The fourth-order valence-corrected chi connectivity index (χ4v) is 7.57. The van der Waals surface area contributed by atoms with E-state index in [2.05, 4.69) is 23.6 Å². The van der Waals surface area contributed by atoms with E-state index in [1.165, 1.54) is 36.9 Å². The summed E-state index contributed by atoms with van der Waals surface area (Å²) in [5, 5.41) is -0.293. The molecular weight excluding hydrogens is 511 g/mol. The molecular formula is C17H20N5O9P3. The summed E-state index contributed by atoms with van der Waals surface area (Å²) in [6, 6.07) is 6.50. The monoisotopic (exact) mass is 531 g/mol. The molecule has 0 bridgehead atoms. The molecule has 3 aromatic rings. The number of nitrogens with zero attached hydrogens (tertiary/aromatic N) is 4. The van der Waals surface area contributed by atoms with Crippen molar-refractivity contribution in [1.29, 1.82) is 0 Å². The SMILES string of the molecule is Nc1ncnc2c1ncn2[C@@H]1C=C[C@H](OCP(=O)(O)OP(=O)(O)OP(=O)(O)c2ccccc2)C1. The highest BCUT2D eigenvalue weighted by Crippen LogP contribution is 2.66. The average molecular weight is 531 g/mol. The molecule has 0 spiro atoms. The molecule has 5 atom stereocenters. The summed E-state index contributed by atoms with van der Waals surface area (Å²) >= 11 is 0. The molecule has 0 aliphatic heterocycles. The van der Waals surface area contributed by atoms with Gasteiger partial charge in [-0.1, -0.05) is 30.4 Å². The zero-order valence-corrected chi connectivity index (χ0v) is 19.9. The van der Waals surface area contributed by atoms with Gasteiger partial charge in [-0.15, -0.1) is 0 Å². The predicted molar refractivity (Wildman–Crippen MR) is 120 cm³/mol. The number of benzene rings is 1. The van der Waals surface area contributed by atoms with Crippen molar-refractivity contribution in [3.63, 3.8) is 0 Å². The minimum absolute atomic E-state index is 0.229. The highest BCUT2D eigenvalue weighted by atomic mass is 31.3. The lowest BCUT2D eigenvalue weighted by Gasteiger charge is -2.20. The highest BCUT2D eigenvalue weighted by Gasteiger charge is 2.41. The van der Waals surface area contributed by atoms with Gasteiger partial charge in [0.2, 0.25) is 0 Å². The van der Waals surface area contributed by atoms with Gasteiger partial charge in [-0.2, -0.15) is 0 Å². The summed E-state index contributed by atoms with van der Waals surface area (Å²) in [6.07, 6.45) is 4.97. The van der Waals surface area contributed by atoms with E-state index in [9.17, 15) is 28.4 Å². The number of allylic oxidation sites excluding steroid dienone is 1. The molecule has 17 heteroatoms. The Hall–Kier alpha value is -2.24. The van der Waals surface area contributed by atoms with Crippen LogP contribution < -0.4 is 11.0 Å². The standard InChI is InChI=1S/C17H20N5O9P3/c18-16-15-17(20-9-19-16)22(10-21-15)12-6-7-13(8-12)29-11-32(23,24)30-34(27,28)31-33(25,26)14-4-2-1-3-5-14/h1-7,9-10,12-13H,8,11H2,(H,23,24)(H,25,26)(H,27,28)(H2,18,19,20)/t12-,13+/m1/s1. The largest absolute Gasteiger partial charge is 0.487 e. The van der Waals surface area contributed by atoms with Crippen LogP contribution in [0.2, 0.25) is 0 Å². The van der Waals surface area contributed by atoms with Crippen LogP contribution in [0, 0.1) is 0 Å². The van der Waals surface area contributed by atoms with E-state index in [1.54, 1.807) is 22.8 Å². The van der Waals surface area contributed by atoms with Crippen molar-refractivity contribution in [3.8, 4) is 0 Å². The molecule has 0 radical (unpaired) electrons. The van der Waals surface area contributed by atoms with Crippen LogP contribution in [0.1, 0.15) is 12.5 Å². The van der Waals surface area contributed by atoms with Gasteiger partial charge in [-0.3, -0.25) is 9.13 Å². The Morgan fingerprint density at radius 3 is 2.50 bits per heavy atom. The number of nitrogens with two attached hydrogens (primary N) is 1. The zero-order chi connectivity index (χ0) is 24.6. The first kappa shape index (κ1) is 24.9. The van der Waals surface area contributed by atoms with Crippen LogP contribution in [0.4, 0.5) is 5.82 Å². The number of nitrogen functional groups attached to an aromatic ring is 1. The van der Waals surface area contributed by atoms with E-state index in [0.29, 0.717) is 17.6 Å². The molecule has 5 N–H and O–H groups in total. The van der Waals surface area contributed by atoms with Crippen molar-refractivity contribution in [1.82, 2.24) is 19.5 Å². The Labute approximate surface area is 192 Å². The third-order valence-corrected chi connectivity index (χ3v) is 9.73. The molecule has 182 valence electrons. The maximum Gasteiger partial charge on any atom is 0.487 e. The van der Waals surface area contributed by atoms with Crippen molar-refractivity contribution < 1.29 is 41.7 Å². The number of phosphoric acid groups is 1. The van der Waals surface area contributed by atoms with Gasteiger partial charge in [0.1, 0.15) is 18.2 Å². The maximum absolute atomic E-state index is 12.3. The molecule has 0 amide bonds. The molecule has 14 nitrogen and oxygen atoms in total. The number of imidazole rings is 1. The maximum atomic E-state index is 12.3. The topological polar surface area (TPSA) is 209 Å². The molecule has 3 unspecified atom stereocenters. The lowest BCUT2D eigenvalue weighted by atomic mass is 10.2. The first-order valence-corrected chi connectivity index (χ1v) is 14.5. The van der Waals surface area contributed by atoms with Crippen LogP contribution >= 0.6 is 23.0 Å². The smallest absolute Gasteiger partial charge is 0.382 e. The van der Waals surface area contributed by atoms with Crippen molar-refractivity contribution in [2.45, 2.75) is 18.6 Å². The fraction of sp³-hybridized carbons (Fsp3) is 0.235. The minimum Gasteiger partial charge on any atom is -0.382 e. The molecule has 0 saturated carbocycles. The van der Waals surface area contributed by atoms with Gasteiger partial charge >= 0.3 is 23.0 Å². The summed E-state index contributed by atoms with van der Waals surface area (Å²) in [7, 11) is -15.1. The van der Waals surface area contributed by atoms with Gasteiger partial charge in [-0.25, -0.2) is 28.1 Å². The Kier molecular flexibility index (Phi) is 6.90. The van der Waals surface area contributed by atoms with Crippen LogP contribution in [0.25, 0.3) is 11.2 Å². The molecule has 1 aliphatic carbocycles. The third kappa shape index (κ3) is 5.69. The van der Waals surface area contributed by atoms with E-state index >= 15 is 0 Å².